The number of hydrogen-bond acceptors (Lipinski definition) is 7. The number of aromatic nitrogens is 6. The van der Waals surface area contributed by atoms with Gasteiger partial charge in [0, 0.05) is 33.7 Å². The fourth-order valence-electron chi connectivity index (χ4n) is 10.4. The maximum absolute atomic E-state index is 12.2. The Morgan fingerprint density at radius 3 is 1.21 bits per heavy atom. The van der Waals surface area contributed by atoms with Gasteiger partial charge in [-0.2, -0.15) is 5.26 Å². The van der Waals surface area contributed by atoms with E-state index in [1.807, 2.05) is 146 Å². The van der Waals surface area contributed by atoms with Crippen LogP contribution in [0.5, 0.6) is 11.5 Å². The largest absolute Gasteiger partial charge is 0.508 e. The number of phenols is 2. The first-order valence-electron chi connectivity index (χ1n) is 24.5. The summed E-state index contributed by atoms with van der Waals surface area (Å²) in [6, 6.07) is 62.9. The van der Waals surface area contributed by atoms with Gasteiger partial charge in [0.2, 0.25) is 5.70 Å². The fraction of sp³-hybridized carbons (Fsp3) is 0. The van der Waals surface area contributed by atoms with Crippen LogP contribution in [0.25, 0.3) is 71.5 Å². The van der Waals surface area contributed by atoms with Crippen LogP contribution in [0.1, 0.15) is 11.4 Å². The highest BCUT2D eigenvalue weighted by atomic mass is 35.5. The van der Waals surface area contributed by atoms with Gasteiger partial charge in [0.05, 0.1) is 66.0 Å². The molecule has 0 aliphatic heterocycles. The standard InChI is InChI=1S/C62H36B2Cl4N8O2/c1-70-58(55-36-72-51-31-47(66)49(68)33-53(51)74-55)62-57-56(59(37-22-26-43(77)27-23-37)76(62)64(41-18-10-4-11-19-41)42-20-12-5-13-21-42)61(45(34-69)54-35-71-50-30-46(65)48(67)32-52(50)73-54)75(60(57)38-24-28-44(78)29-25-38)63(39-14-6-2-7-15-39)40-16-8-3-9-17-40/h2-33,35-36,77-78H/b61-45-,62-58+. The van der Waals surface area contributed by atoms with Crippen molar-refractivity contribution in [3.05, 3.63) is 260 Å². The summed E-state index contributed by atoms with van der Waals surface area (Å²) in [5.41, 5.74) is 8.29. The fourth-order valence-corrected chi connectivity index (χ4v) is 11.1. The molecule has 12 rings (SSSR count). The molecule has 0 aliphatic carbocycles. The number of nitriles is 1. The molecule has 0 aliphatic rings. The van der Waals surface area contributed by atoms with Crippen LogP contribution in [0.15, 0.2) is 207 Å². The van der Waals surface area contributed by atoms with Crippen LogP contribution in [0, 0.1) is 17.9 Å². The first-order valence-corrected chi connectivity index (χ1v) is 26.0. The van der Waals surface area contributed by atoms with E-state index in [-0.39, 0.29) is 44.2 Å². The van der Waals surface area contributed by atoms with Gasteiger partial charge in [-0.3, -0.25) is 15.0 Å². The van der Waals surface area contributed by atoms with Gasteiger partial charge in [-0.25, -0.2) is 9.83 Å². The summed E-state index contributed by atoms with van der Waals surface area (Å²) >= 11 is 26.4. The Hall–Kier alpha value is -9.13. The minimum Gasteiger partial charge on any atom is -0.508 e. The van der Waals surface area contributed by atoms with Gasteiger partial charge < -0.3 is 19.2 Å². The van der Waals surface area contributed by atoms with Crippen molar-refractivity contribution in [2.75, 3.05) is 0 Å². The Bertz CT molecular complexity index is 4170. The third-order valence-corrected chi connectivity index (χ3v) is 15.2. The average molecular weight is 1090 g/mol. The summed E-state index contributed by atoms with van der Waals surface area (Å²) in [5, 5.41) is 37.3. The highest BCUT2D eigenvalue weighted by molar-refractivity contribution is 6.85. The average Bonchev–Trinajstić information content (AvgIpc) is 3.86. The molecule has 10 nitrogen and oxygen atoms in total. The summed E-state index contributed by atoms with van der Waals surface area (Å²) < 4.78 is 4.30. The molecule has 0 radical (unpaired) electrons. The number of aromatic hydroxyl groups is 2. The predicted octanol–water partition coefficient (Wildman–Crippen LogP) is 10.8. The predicted molar refractivity (Wildman–Crippen MR) is 316 cm³/mol. The number of nitrogens with zero attached hydrogens (tertiary/aromatic N) is 8. The molecule has 12 aromatic rings. The molecule has 4 aromatic heterocycles. The molecule has 4 heterocycles. The minimum absolute atomic E-state index is 0.0277. The van der Waals surface area contributed by atoms with Crippen LogP contribution in [0.4, 0.5) is 0 Å². The molecule has 8 aromatic carbocycles. The monoisotopic (exact) mass is 1090 g/mol. The molecule has 0 amide bonds. The highest BCUT2D eigenvalue weighted by Crippen LogP contribution is 2.38. The zero-order valence-corrected chi connectivity index (χ0v) is 43.8. The van der Waals surface area contributed by atoms with Crippen molar-refractivity contribution in [2.24, 2.45) is 0 Å². The second kappa shape index (κ2) is 20.8. The van der Waals surface area contributed by atoms with E-state index in [1.165, 1.54) is 0 Å². The molecule has 0 spiro atoms. The molecule has 0 fully saturated rings. The van der Waals surface area contributed by atoms with Crippen molar-refractivity contribution in [3.63, 3.8) is 0 Å². The van der Waals surface area contributed by atoms with E-state index in [4.69, 9.17) is 66.3 Å². The van der Waals surface area contributed by atoms with Gasteiger partial charge in [-0.05, 0) is 83.9 Å². The van der Waals surface area contributed by atoms with E-state index in [2.05, 4.69) is 19.9 Å². The molecule has 0 unspecified atom stereocenters. The second-order valence-electron chi connectivity index (χ2n) is 18.4. The lowest BCUT2D eigenvalue weighted by molar-refractivity contribution is 0.475. The Kier molecular flexibility index (Phi) is 13.2. The number of rotatable bonds is 10. The van der Waals surface area contributed by atoms with Crippen molar-refractivity contribution < 1.29 is 10.2 Å². The molecule has 0 bridgehead atoms. The third-order valence-electron chi connectivity index (χ3n) is 13.8. The van der Waals surface area contributed by atoms with E-state index >= 15 is 0 Å². The molecule has 0 saturated carbocycles. The number of benzene rings is 8. The molecule has 0 saturated heterocycles. The van der Waals surface area contributed by atoms with Gasteiger partial charge in [0.25, 0.3) is 0 Å². The van der Waals surface area contributed by atoms with Crippen molar-refractivity contribution in [1.29, 1.82) is 5.26 Å². The van der Waals surface area contributed by atoms with E-state index in [9.17, 15) is 22.0 Å². The summed E-state index contributed by atoms with van der Waals surface area (Å²) in [4.78, 5) is 24.4. The highest BCUT2D eigenvalue weighted by Gasteiger charge is 2.37. The van der Waals surface area contributed by atoms with Gasteiger partial charge in [-0.1, -0.05) is 190 Å². The molecular weight excluding hydrogens is 1050 g/mol. The molecule has 16 heteroatoms. The topological polar surface area (TPSA) is 130 Å². The van der Waals surface area contributed by atoms with E-state index in [1.54, 1.807) is 60.9 Å². The number of fused-ring (bicyclic) bond motifs is 3. The first kappa shape index (κ1) is 49.7. The second-order valence-corrected chi connectivity index (χ2v) is 20.0. The zero-order valence-electron chi connectivity index (χ0n) is 40.8. The quantitative estimate of drug-likeness (QED) is 0.103. The maximum atomic E-state index is 12.2. The summed E-state index contributed by atoms with van der Waals surface area (Å²) in [5.74, 6) is 0.0553. The lowest BCUT2D eigenvalue weighted by atomic mass is 9.50. The van der Waals surface area contributed by atoms with Gasteiger partial charge in [0.1, 0.15) is 28.8 Å². The summed E-state index contributed by atoms with van der Waals surface area (Å²) in [7, 11) is 0. The van der Waals surface area contributed by atoms with Crippen LogP contribution >= 0.6 is 46.4 Å². The van der Waals surface area contributed by atoms with Crippen molar-refractivity contribution >= 4 is 126 Å². The molecule has 0 atom stereocenters. The lowest BCUT2D eigenvalue weighted by Gasteiger charge is -2.24. The van der Waals surface area contributed by atoms with Crippen molar-refractivity contribution in [2.45, 2.75) is 0 Å². The summed E-state index contributed by atoms with van der Waals surface area (Å²) in [6.45, 7) is 8.10. The Balaban J connectivity index is 1.44. The SMILES string of the molecule is [C-]#[N+]/C(c1cnc2cc(Cl)c(Cl)cc2n1)=c1\c2c(-c3ccc(O)cc3)n(B(c3ccccc3)c3ccccc3)/c(=C(/C#N)c3cnc4cc(Cl)c(Cl)cc4n3)c2c(-c2ccc(O)cc2)n1B(c1ccccc1)c1ccccc1. The first-order chi connectivity index (χ1) is 38.1. The van der Waals surface area contributed by atoms with Crippen LogP contribution in [-0.4, -0.2) is 52.8 Å². The van der Waals surface area contributed by atoms with Crippen LogP contribution in [-0.2, 0) is 0 Å². The van der Waals surface area contributed by atoms with Crippen LogP contribution in [0.3, 0.4) is 0 Å². The Morgan fingerprint density at radius 1 is 0.474 bits per heavy atom. The lowest BCUT2D eigenvalue weighted by Crippen LogP contribution is -2.54. The Morgan fingerprint density at radius 2 is 0.821 bits per heavy atom. The summed E-state index contributed by atoms with van der Waals surface area (Å²) in [6.07, 6.45) is 3.12. The van der Waals surface area contributed by atoms with E-state index in [0.717, 1.165) is 21.9 Å². The third kappa shape index (κ3) is 8.87. The normalized spacial score (nSPS) is 12.1. The van der Waals surface area contributed by atoms with Crippen LogP contribution in [0.2, 0.25) is 20.1 Å². The van der Waals surface area contributed by atoms with Gasteiger partial charge in [0.15, 0.2) is 0 Å². The zero-order chi connectivity index (χ0) is 53.6. The maximum Gasteiger partial charge on any atom is 0.328 e. The smallest absolute Gasteiger partial charge is 0.328 e. The number of phenolic OH excluding ortho intramolecular Hbond substituents is 2. The van der Waals surface area contributed by atoms with Gasteiger partial charge >= 0.3 is 13.7 Å². The molecular formula is C62H36B2Cl4N8O2. The van der Waals surface area contributed by atoms with Crippen LogP contribution < -0.4 is 32.5 Å². The van der Waals surface area contributed by atoms with Gasteiger partial charge in [-0.15, -0.1) is 0 Å². The minimum atomic E-state index is -0.680. The van der Waals surface area contributed by atoms with E-state index in [0.29, 0.717) is 76.1 Å². The van der Waals surface area contributed by atoms with E-state index < -0.39 is 13.7 Å². The van der Waals surface area contributed by atoms with Crippen molar-refractivity contribution in [1.82, 2.24) is 28.9 Å². The molecule has 2 N–H and O–H groups in total. The Labute approximate surface area is 467 Å². The molecule has 78 heavy (non-hydrogen) atoms. The van der Waals surface area contributed by atoms with Crippen molar-refractivity contribution in [3.8, 4) is 40.1 Å². The molecule has 370 valence electrons. The number of halogens is 4. The number of hydrogen-bond donors (Lipinski definition) is 2.